The molecule has 0 radical (unpaired) electrons. The predicted octanol–water partition coefficient (Wildman–Crippen LogP) is 3.95. The van der Waals surface area contributed by atoms with E-state index in [1.165, 1.54) is 22.9 Å². The average molecular weight is 340 g/mol. The number of hydrogen-bond acceptors (Lipinski definition) is 5. The molecular weight excluding hydrogens is 328 g/mol. The van der Waals surface area contributed by atoms with Gasteiger partial charge in [-0.3, -0.25) is 9.69 Å². The number of anilines is 1. The van der Waals surface area contributed by atoms with Crippen LogP contribution in [0.1, 0.15) is 10.4 Å². The number of carboxylic acid groups (broad SMARTS) is 1. The number of ether oxygens (including phenoxy) is 1. The Morgan fingerprint density at radius 3 is 2.83 bits per heavy atom. The van der Waals surface area contributed by atoms with Crippen LogP contribution < -0.4 is 9.64 Å². The van der Waals surface area contributed by atoms with Crippen LogP contribution in [0.15, 0.2) is 59.8 Å². The van der Waals surface area contributed by atoms with E-state index in [1.54, 1.807) is 30.5 Å². The van der Waals surface area contributed by atoms with Crippen LogP contribution in [0.25, 0.3) is 0 Å². The second kappa shape index (κ2) is 5.61. The summed E-state index contributed by atoms with van der Waals surface area (Å²) in [5, 5.41) is 9.22. The minimum atomic E-state index is -0.990. The van der Waals surface area contributed by atoms with Crippen molar-refractivity contribution < 1.29 is 19.4 Å². The number of rotatable bonds is 3. The highest BCUT2D eigenvalue weighted by Crippen LogP contribution is 2.48. The number of benzene rings is 2. The Kier molecular flexibility index (Phi) is 3.42. The first-order valence-corrected chi connectivity index (χ1v) is 8.06. The van der Waals surface area contributed by atoms with Crippen molar-refractivity contribution >= 4 is 29.8 Å². The summed E-state index contributed by atoms with van der Waals surface area (Å²) in [6.07, 6.45) is 3.04. The molecule has 0 aromatic heterocycles. The zero-order valence-corrected chi connectivity index (χ0v) is 13.1. The molecule has 0 fully saturated rings. The standard InChI is InChI=1S/C17H12N2O4S/c20-10-11-3-1-2-4-14(11)23-12-5-6-15-13(9-12)18-7-8-19(17(21)22)16(18)24-15/h1-10,16H,(H,21,22). The maximum absolute atomic E-state index is 11.3. The molecule has 0 spiro atoms. The van der Waals surface area contributed by atoms with Gasteiger partial charge in [0.1, 0.15) is 11.5 Å². The van der Waals surface area contributed by atoms with Crippen LogP contribution in [0.2, 0.25) is 0 Å². The Bertz CT molecular complexity index is 867. The summed E-state index contributed by atoms with van der Waals surface area (Å²) in [6, 6.07) is 12.5. The third-order valence-electron chi connectivity index (χ3n) is 3.80. The quantitative estimate of drug-likeness (QED) is 0.853. The first kappa shape index (κ1) is 14.6. The number of carbonyl (C=O) groups excluding carboxylic acids is 1. The lowest BCUT2D eigenvalue weighted by Gasteiger charge is -2.21. The SMILES string of the molecule is O=Cc1ccccc1Oc1ccc2c(c1)N1C=CN(C(=O)O)C1S2. The largest absolute Gasteiger partial charge is 0.465 e. The van der Waals surface area contributed by atoms with Crippen LogP contribution in [0.3, 0.4) is 0 Å². The lowest BCUT2D eigenvalue weighted by atomic mass is 10.2. The summed E-state index contributed by atoms with van der Waals surface area (Å²) in [7, 11) is 0. The molecule has 2 aliphatic rings. The van der Waals surface area contributed by atoms with Crippen molar-refractivity contribution in [3.05, 3.63) is 60.4 Å². The topological polar surface area (TPSA) is 70.1 Å². The van der Waals surface area contributed by atoms with Gasteiger partial charge in [-0.1, -0.05) is 23.9 Å². The van der Waals surface area contributed by atoms with Crippen molar-refractivity contribution in [2.24, 2.45) is 0 Å². The van der Waals surface area contributed by atoms with Gasteiger partial charge in [0.15, 0.2) is 11.8 Å². The molecule has 2 aliphatic heterocycles. The summed E-state index contributed by atoms with van der Waals surface area (Å²) in [5.41, 5.74) is 1.03. The van der Waals surface area contributed by atoms with Crippen LogP contribution in [0, 0.1) is 0 Å². The highest BCUT2D eigenvalue weighted by Gasteiger charge is 2.39. The average Bonchev–Trinajstić information content (AvgIpc) is 3.14. The summed E-state index contributed by atoms with van der Waals surface area (Å²) in [4.78, 5) is 26.5. The number of amides is 1. The summed E-state index contributed by atoms with van der Waals surface area (Å²) in [5.74, 6) is 1.07. The van der Waals surface area contributed by atoms with Gasteiger partial charge in [0.2, 0.25) is 0 Å². The maximum atomic E-state index is 11.3. The van der Waals surface area contributed by atoms with Crippen LogP contribution in [-0.4, -0.2) is 27.9 Å². The van der Waals surface area contributed by atoms with Gasteiger partial charge in [-0.15, -0.1) is 0 Å². The Labute approximate surface area is 141 Å². The zero-order chi connectivity index (χ0) is 16.7. The lowest BCUT2D eigenvalue weighted by molar-refractivity contribution is 0.112. The molecule has 7 heteroatoms. The van der Waals surface area contributed by atoms with E-state index >= 15 is 0 Å². The summed E-state index contributed by atoms with van der Waals surface area (Å²) < 4.78 is 5.83. The Morgan fingerprint density at radius 2 is 2.04 bits per heavy atom. The van der Waals surface area contributed by atoms with Gasteiger partial charge in [-0.05, 0) is 24.3 Å². The van der Waals surface area contributed by atoms with E-state index in [-0.39, 0.29) is 5.50 Å². The number of carbonyl (C=O) groups is 2. The smallest absolute Gasteiger partial charge is 0.413 e. The molecule has 1 N–H and O–H groups in total. The fourth-order valence-corrected chi connectivity index (χ4v) is 3.90. The second-order valence-electron chi connectivity index (χ2n) is 5.23. The molecule has 0 aliphatic carbocycles. The van der Waals surface area contributed by atoms with E-state index in [1.807, 2.05) is 23.1 Å². The van der Waals surface area contributed by atoms with Crippen LogP contribution in [0.4, 0.5) is 10.5 Å². The molecule has 4 rings (SSSR count). The van der Waals surface area contributed by atoms with Gasteiger partial charge < -0.3 is 14.7 Å². The number of hydrogen-bond donors (Lipinski definition) is 1. The highest BCUT2D eigenvalue weighted by molar-refractivity contribution is 8.00. The maximum Gasteiger partial charge on any atom is 0.413 e. The number of thioether (sulfide) groups is 1. The fraction of sp³-hybridized carbons (Fsp3) is 0.0588. The van der Waals surface area contributed by atoms with E-state index in [0.717, 1.165) is 16.9 Å². The molecule has 2 aromatic rings. The molecule has 1 unspecified atom stereocenters. The Balaban J connectivity index is 1.63. The third kappa shape index (κ3) is 2.30. The lowest BCUT2D eigenvalue weighted by Crippen LogP contribution is -2.35. The normalized spacial score (nSPS) is 17.6. The first-order chi connectivity index (χ1) is 11.7. The minimum absolute atomic E-state index is 0.324. The third-order valence-corrected chi connectivity index (χ3v) is 5.06. The summed E-state index contributed by atoms with van der Waals surface area (Å²) in [6.45, 7) is 0. The van der Waals surface area contributed by atoms with Gasteiger partial charge in [0, 0.05) is 23.4 Å². The molecule has 1 atom stereocenters. The molecule has 24 heavy (non-hydrogen) atoms. The molecule has 0 saturated carbocycles. The predicted molar refractivity (Wildman–Crippen MR) is 89.5 cm³/mol. The van der Waals surface area contributed by atoms with Crippen LogP contribution in [-0.2, 0) is 0 Å². The van der Waals surface area contributed by atoms with Crippen molar-refractivity contribution in [3.8, 4) is 11.5 Å². The van der Waals surface area contributed by atoms with E-state index in [9.17, 15) is 14.7 Å². The number of fused-ring (bicyclic) bond motifs is 3. The van der Waals surface area contributed by atoms with Crippen LogP contribution in [0.5, 0.6) is 11.5 Å². The van der Waals surface area contributed by atoms with Gasteiger partial charge >= 0.3 is 6.09 Å². The number of para-hydroxylation sites is 1. The molecule has 2 heterocycles. The molecule has 2 aromatic carbocycles. The fourth-order valence-electron chi connectivity index (χ4n) is 2.67. The highest BCUT2D eigenvalue weighted by atomic mass is 32.2. The first-order valence-electron chi connectivity index (χ1n) is 7.18. The van der Waals surface area contributed by atoms with E-state index in [0.29, 0.717) is 17.1 Å². The van der Waals surface area contributed by atoms with Gasteiger partial charge in [-0.2, -0.15) is 0 Å². The molecule has 0 saturated heterocycles. The van der Waals surface area contributed by atoms with E-state index in [2.05, 4.69) is 0 Å². The van der Waals surface area contributed by atoms with Crippen LogP contribution >= 0.6 is 11.8 Å². The van der Waals surface area contributed by atoms with Crippen molar-refractivity contribution in [3.63, 3.8) is 0 Å². The van der Waals surface area contributed by atoms with Crippen molar-refractivity contribution in [1.82, 2.24) is 4.90 Å². The second-order valence-corrected chi connectivity index (χ2v) is 6.32. The van der Waals surface area contributed by atoms with E-state index < -0.39 is 6.09 Å². The number of aldehydes is 1. The van der Waals surface area contributed by atoms with Gasteiger partial charge in [0.25, 0.3) is 0 Å². The Morgan fingerprint density at radius 1 is 1.21 bits per heavy atom. The molecule has 0 bridgehead atoms. The molecular formula is C17H12N2O4S. The Hall–Kier alpha value is -2.93. The van der Waals surface area contributed by atoms with E-state index in [4.69, 9.17) is 4.74 Å². The molecule has 6 nitrogen and oxygen atoms in total. The van der Waals surface area contributed by atoms with Gasteiger partial charge in [0.05, 0.1) is 11.3 Å². The van der Waals surface area contributed by atoms with Gasteiger partial charge in [-0.25, -0.2) is 4.79 Å². The molecule has 1 amide bonds. The summed E-state index contributed by atoms with van der Waals surface area (Å²) >= 11 is 1.46. The van der Waals surface area contributed by atoms with Crippen molar-refractivity contribution in [1.29, 1.82) is 0 Å². The van der Waals surface area contributed by atoms with Crippen molar-refractivity contribution in [2.45, 2.75) is 10.4 Å². The monoisotopic (exact) mass is 340 g/mol. The minimum Gasteiger partial charge on any atom is -0.465 e. The number of nitrogens with zero attached hydrogens (tertiary/aromatic N) is 2. The molecule has 120 valence electrons. The zero-order valence-electron chi connectivity index (χ0n) is 12.3. The van der Waals surface area contributed by atoms with Crippen molar-refractivity contribution in [2.75, 3.05) is 4.90 Å².